The van der Waals surface area contributed by atoms with Crippen LogP contribution in [0.25, 0.3) is 0 Å². The van der Waals surface area contributed by atoms with E-state index in [0.29, 0.717) is 39.3 Å². The second kappa shape index (κ2) is 11.1. The molecule has 34 heavy (non-hydrogen) atoms. The molecule has 1 heterocycles. The number of carbonyl (C=O) groups is 3. The third-order valence-corrected chi connectivity index (χ3v) is 5.98. The Bertz CT molecular complexity index is 850. The molecule has 2 amide bonds. The van der Waals surface area contributed by atoms with E-state index in [2.05, 4.69) is 5.32 Å². The van der Waals surface area contributed by atoms with Gasteiger partial charge in [-0.05, 0) is 46.1 Å². The maximum atomic E-state index is 12.9. The Balaban J connectivity index is 1.61. The van der Waals surface area contributed by atoms with Crippen molar-refractivity contribution in [3.63, 3.8) is 0 Å². The van der Waals surface area contributed by atoms with Gasteiger partial charge in [-0.15, -0.1) is 0 Å². The fourth-order valence-corrected chi connectivity index (χ4v) is 3.93. The van der Waals surface area contributed by atoms with Crippen molar-refractivity contribution in [3.05, 3.63) is 35.9 Å². The lowest BCUT2D eigenvalue weighted by Gasteiger charge is -2.41. The molecule has 0 radical (unpaired) electrons. The number of rotatable bonds is 8. The van der Waals surface area contributed by atoms with Gasteiger partial charge in [-0.1, -0.05) is 30.3 Å². The Kier molecular flexibility index (Phi) is 8.41. The Hall–Kier alpha value is -2.81. The van der Waals surface area contributed by atoms with Crippen molar-refractivity contribution in [1.82, 2.24) is 15.1 Å². The van der Waals surface area contributed by atoms with E-state index in [0.717, 1.165) is 18.4 Å². The molecular formula is C25H37N3O6. The fourth-order valence-electron chi connectivity index (χ4n) is 3.93. The van der Waals surface area contributed by atoms with Crippen LogP contribution in [0, 0.1) is 5.41 Å². The van der Waals surface area contributed by atoms with Crippen molar-refractivity contribution in [2.75, 3.05) is 39.3 Å². The summed E-state index contributed by atoms with van der Waals surface area (Å²) in [6.07, 6.45) is 0.748. The van der Waals surface area contributed by atoms with E-state index in [4.69, 9.17) is 14.2 Å². The van der Waals surface area contributed by atoms with Gasteiger partial charge in [-0.25, -0.2) is 9.59 Å². The van der Waals surface area contributed by atoms with Gasteiger partial charge in [-0.3, -0.25) is 4.79 Å². The van der Waals surface area contributed by atoms with Gasteiger partial charge in [0.2, 0.25) is 0 Å². The Morgan fingerprint density at radius 1 is 1.06 bits per heavy atom. The topological polar surface area (TPSA) is 97.4 Å². The highest BCUT2D eigenvalue weighted by atomic mass is 16.6. The van der Waals surface area contributed by atoms with Crippen LogP contribution in [0.5, 0.6) is 0 Å². The molecule has 1 saturated carbocycles. The largest absolute Gasteiger partial charge is 0.466 e. The molecule has 1 saturated heterocycles. The number of nitrogens with zero attached hydrogens (tertiary/aromatic N) is 2. The quantitative estimate of drug-likeness (QED) is 0.456. The van der Waals surface area contributed by atoms with Crippen LogP contribution in [0.3, 0.4) is 0 Å². The van der Waals surface area contributed by atoms with Crippen molar-refractivity contribution < 1.29 is 28.6 Å². The van der Waals surface area contributed by atoms with Crippen LogP contribution >= 0.6 is 0 Å². The number of hydrogen-bond acceptors (Lipinski definition) is 7. The summed E-state index contributed by atoms with van der Waals surface area (Å²) in [5, 5.41) is 3.33. The predicted molar refractivity (Wildman–Crippen MR) is 126 cm³/mol. The van der Waals surface area contributed by atoms with Crippen molar-refractivity contribution in [3.8, 4) is 0 Å². The molecule has 2 fully saturated rings. The van der Waals surface area contributed by atoms with E-state index in [-0.39, 0.29) is 18.6 Å². The minimum atomic E-state index is -0.603. The number of esters is 1. The second-order valence-corrected chi connectivity index (χ2v) is 9.95. The summed E-state index contributed by atoms with van der Waals surface area (Å²) in [7, 11) is 0. The van der Waals surface area contributed by atoms with E-state index in [1.54, 1.807) is 16.7 Å². The monoisotopic (exact) mass is 475 g/mol. The molecule has 188 valence electrons. The lowest BCUT2D eigenvalue weighted by atomic mass is 10.1. The molecule has 0 aromatic heterocycles. The summed E-state index contributed by atoms with van der Waals surface area (Å²) in [6.45, 7) is 9.71. The van der Waals surface area contributed by atoms with Crippen molar-refractivity contribution in [1.29, 1.82) is 0 Å². The first-order valence-corrected chi connectivity index (χ1v) is 12.0. The molecule has 1 unspecified atom stereocenters. The van der Waals surface area contributed by atoms with Crippen LogP contribution in [0.1, 0.15) is 46.1 Å². The van der Waals surface area contributed by atoms with E-state index in [1.807, 2.05) is 51.1 Å². The number of ether oxygens (including phenoxy) is 3. The zero-order valence-electron chi connectivity index (χ0n) is 20.7. The molecule has 1 aromatic carbocycles. The molecule has 2 aliphatic rings. The number of hydrogen-bond donors (Lipinski definition) is 1. The standard InChI is InChI=1S/C25H37N3O6/c1-5-32-21(29)25(11-12-25)18-26-15-20-16-27(22(30)34-24(2,3)4)13-14-28(20)23(31)33-17-19-9-7-6-8-10-19/h6-10,20,26H,5,11-18H2,1-4H3. The van der Waals surface area contributed by atoms with Gasteiger partial charge >= 0.3 is 18.2 Å². The van der Waals surface area contributed by atoms with E-state index in [9.17, 15) is 14.4 Å². The third-order valence-electron chi connectivity index (χ3n) is 5.98. The van der Waals surface area contributed by atoms with Crippen molar-refractivity contribution >= 4 is 18.2 Å². The summed E-state index contributed by atoms with van der Waals surface area (Å²) in [6, 6.07) is 9.18. The second-order valence-electron chi connectivity index (χ2n) is 9.95. The average molecular weight is 476 g/mol. The smallest absolute Gasteiger partial charge is 0.410 e. The molecule has 1 N–H and O–H groups in total. The van der Waals surface area contributed by atoms with Gasteiger partial charge in [0.15, 0.2) is 0 Å². The molecule has 1 atom stereocenters. The number of benzene rings is 1. The first kappa shape index (κ1) is 25.8. The molecule has 0 bridgehead atoms. The van der Waals surface area contributed by atoms with E-state index in [1.165, 1.54) is 0 Å². The first-order valence-electron chi connectivity index (χ1n) is 12.0. The molecule has 1 aliphatic heterocycles. The lowest BCUT2D eigenvalue weighted by molar-refractivity contribution is -0.149. The normalized spacial score (nSPS) is 19.4. The van der Waals surface area contributed by atoms with E-state index >= 15 is 0 Å². The number of nitrogens with one attached hydrogen (secondary N) is 1. The number of piperazine rings is 1. The fraction of sp³-hybridized carbons (Fsp3) is 0.640. The molecule has 1 aromatic rings. The zero-order chi connectivity index (χ0) is 24.8. The molecular weight excluding hydrogens is 438 g/mol. The summed E-state index contributed by atoms with van der Waals surface area (Å²) in [5.41, 5.74) is -0.175. The average Bonchev–Trinajstić information content (AvgIpc) is 3.58. The van der Waals surface area contributed by atoms with Crippen LogP contribution < -0.4 is 5.32 Å². The van der Waals surface area contributed by atoms with Gasteiger partial charge < -0.3 is 29.3 Å². The maximum Gasteiger partial charge on any atom is 0.410 e. The van der Waals surface area contributed by atoms with Crippen LogP contribution in [0.2, 0.25) is 0 Å². The van der Waals surface area contributed by atoms with Gasteiger partial charge in [0, 0.05) is 32.7 Å². The minimum absolute atomic E-state index is 0.179. The van der Waals surface area contributed by atoms with Crippen LogP contribution in [0.4, 0.5) is 9.59 Å². The first-order chi connectivity index (χ1) is 16.1. The highest BCUT2D eigenvalue weighted by Crippen LogP contribution is 2.46. The number of amides is 2. The Morgan fingerprint density at radius 2 is 1.76 bits per heavy atom. The molecule has 3 rings (SSSR count). The predicted octanol–water partition coefficient (Wildman–Crippen LogP) is 3.18. The lowest BCUT2D eigenvalue weighted by Crippen LogP contribution is -2.60. The van der Waals surface area contributed by atoms with Crippen LogP contribution in [0.15, 0.2) is 30.3 Å². The minimum Gasteiger partial charge on any atom is -0.466 e. The molecule has 1 aliphatic carbocycles. The summed E-state index contributed by atoms with van der Waals surface area (Å²) < 4.78 is 16.3. The van der Waals surface area contributed by atoms with E-state index < -0.39 is 23.2 Å². The molecule has 9 nitrogen and oxygen atoms in total. The zero-order valence-corrected chi connectivity index (χ0v) is 20.7. The highest BCUT2D eigenvalue weighted by molar-refractivity contribution is 5.80. The van der Waals surface area contributed by atoms with Gasteiger partial charge in [0.05, 0.1) is 18.1 Å². The Morgan fingerprint density at radius 3 is 2.38 bits per heavy atom. The van der Waals surface area contributed by atoms with Crippen molar-refractivity contribution in [2.24, 2.45) is 5.41 Å². The Labute approximate surface area is 201 Å². The molecule has 9 heteroatoms. The summed E-state index contributed by atoms with van der Waals surface area (Å²) in [4.78, 5) is 41.1. The maximum absolute atomic E-state index is 12.9. The van der Waals surface area contributed by atoms with Crippen LogP contribution in [-0.4, -0.2) is 78.9 Å². The SMILES string of the molecule is CCOC(=O)C1(CNCC2CN(C(=O)OC(C)(C)C)CCN2C(=O)OCc2ccccc2)CC1. The van der Waals surface area contributed by atoms with Gasteiger partial charge in [0.25, 0.3) is 0 Å². The summed E-state index contributed by atoms with van der Waals surface area (Å²) >= 11 is 0. The highest BCUT2D eigenvalue weighted by Gasteiger charge is 2.51. The van der Waals surface area contributed by atoms with Gasteiger partial charge in [-0.2, -0.15) is 0 Å². The van der Waals surface area contributed by atoms with Gasteiger partial charge in [0.1, 0.15) is 12.2 Å². The van der Waals surface area contributed by atoms with Crippen LogP contribution in [-0.2, 0) is 25.6 Å². The molecule has 0 spiro atoms. The summed E-state index contributed by atoms with van der Waals surface area (Å²) in [5.74, 6) is -0.180. The number of carbonyl (C=O) groups excluding carboxylic acids is 3. The third kappa shape index (κ3) is 7.09. The van der Waals surface area contributed by atoms with Crippen molar-refractivity contribution in [2.45, 2.75) is 58.8 Å².